The molecule has 2 aliphatic rings. The molecule has 2 aromatic carbocycles. The molecule has 2 fully saturated rings. The van der Waals surface area contributed by atoms with Crippen molar-refractivity contribution in [3.05, 3.63) is 98.2 Å². The zero-order valence-electron chi connectivity index (χ0n) is 26.2. The number of aryl methyl sites for hydroxylation is 2. The maximum Gasteiger partial charge on any atom is 0.250 e. The second kappa shape index (κ2) is 13.4. The molecule has 4 heterocycles. The number of aromatic hydroxyl groups is 1. The van der Waals surface area contributed by atoms with Crippen LogP contribution in [0.25, 0.3) is 16.6 Å². The van der Waals surface area contributed by atoms with Gasteiger partial charge in [0.25, 0.3) is 5.56 Å². The number of hydrogen-bond donors (Lipinski definition) is 3. The molecule has 45 heavy (non-hydrogen) atoms. The van der Waals surface area contributed by atoms with E-state index in [0.717, 1.165) is 81.5 Å². The summed E-state index contributed by atoms with van der Waals surface area (Å²) in [5.74, 6) is 0.0244. The number of aliphatic hydroxyl groups is 1. The van der Waals surface area contributed by atoms with Gasteiger partial charge in [0, 0.05) is 63.1 Å². The lowest BCUT2D eigenvalue weighted by Crippen LogP contribution is -2.56. The Labute approximate surface area is 268 Å². The number of fused-ring (bicyclic) bond motifs is 1. The number of aliphatic hydroxyl groups excluding tert-OH is 1. The lowest BCUT2D eigenvalue weighted by atomic mass is 9.89. The number of hydrogen-bond acceptors (Lipinski definition) is 9. The average Bonchev–Trinajstić information content (AvgIpc) is 3.49. The zero-order chi connectivity index (χ0) is 31.6. The maximum atomic E-state index is 12.0. The molecular formula is C35H43N5O4S. The van der Waals surface area contributed by atoms with Crippen LogP contribution in [0, 0.1) is 6.92 Å². The summed E-state index contributed by atoms with van der Waals surface area (Å²) in [5, 5.41) is 28.3. The van der Waals surface area contributed by atoms with E-state index < -0.39 is 6.10 Å². The summed E-state index contributed by atoms with van der Waals surface area (Å²) in [6, 6.07) is 15.2. The highest BCUT2D eigenvalue weighted by Crippen LogP contribution is 2.34. The van der Waals surface area contributed by atoms with Crippen LogP contribution < -0.4 is 10.9 Å². The number of pyridine rings is 1. The minimum atomic E-state index is -0.764. The van der Waals surface area contributed by atoms with Crippen LogP contribution in [0.15, 0.2) is 65.3 Å². The third kappa shape index (κ3) is 7.00. The molecule has 0 saturated carbocycles. The smallest absolute Gasteiger partial charge is 0.250 e. The Morgan fingerprint density at radius 1 is 1.11 bits per heavy atom. The molecule has 4 aromatic rings. The first-order valence-electron chi connectivity index (χ1n) is 15.7. The number of aromatic nitrogens is 2. The summed E-state index contributed by atoms with van der Waals surface area (Å²) in [4.78, 5) is 21.5. The summed E-state index contributed by atoms with van der Waals surface area (Å²) < 4.78 is 7.79. The van der Waals surface area contributed by atoms with E-state index in [9.17, 15) is 15.0 Å². The third-order valence-corrected chi connectivity index (χ3v) is 10.1. The summed E-state index contributed by atoms with van der Waals surface area (Å²) >= 11 is 1.67. The molecule has 6 rings (SSSR count). The van der Waals surface area contributed by atoms with E-state index in [2.05, 4.69) is 56.3 Å². The number of benzene rings is 2. The molecular weight excluding hydrogens is 586 g/mol. The molecule has 0 radical (unpaired) electrons. The zero-order valence-corrected chi connectivity index (χ0v) is 27.0. The van der Waals surface area contributed by atoms with Crippen molar-refractivity contribution >= 4 is 27.9 Å². The molecule has 3 N–H and O–H groups in total. The predicted molar refractivity (Wildman–Crippen MR) is 179 cm³/mol. The van der Waals surface area contributed by atoms with Gasteiger partial charge in [-0.3, -0.25) is 9.69 Å². The van der Waals surface area contributed by atoms with Gasteiger partial charge in [-0.1, -0.05) is 36.9 Å². The van der Waals surface area contributed by atoms with Crippen molar-refractivity contribution in [3.63, 3.8) is 0 Å². The normalized spacial score (nSPS) is 17.6. The van der Waals surface area contributed by atoms with Gasteiger partial charge in [-0.15, -0.1) is 11.3 Å². The molecule has 0 amide bonds. The molecule has 238 valence electrons. The largest absolute Gasteiger partial charge is 0.506 e. The van der Waals surface area contributed by atoms with Crippen LogP contribution in [0.2, 0.25) is 0 Å². The molecule has 0 bridgehead atoms. The highest BCUT2D eigenvalue weighted by molar-refractivity contribution is 7.09. The Bertz CT molecular complexity index is 1710. The number of nitrogens with one attached hydrogen (secondary N) is 1. The molecule has 0 unspecified atom stereocenters. The third-order valence-electron chi connectivity index (χ3n) is 9.32. The minimum absolute atomic E-state index is 0.0244. The maximum absolute atomic E-state index is 12.0. The Morgan fingerprint density at radius 2 is 1.87 bits per heavy atom. The molecule has 1 spiro atoms. The molecule has 10 heteroatoms. The van der Waals surface area contributed by atoms with Crippen LogP contribution >= 0.6 is 11.3 Å². The molecule has 2 aromatic heterocycles. The Morgan fingerprint density at radius 3 is 2.60 bits per heavy atom. The van der Waals surface area contributed by atoms with Gasteiger partial charge in [0.15, 0.2) is 0 Å². The van der Waals surface area contributed by atoms with Crippen LogP contribution in [0.3, 0.4) is 0 Å². The summed E-state index contributed by atoms with van der Waals surface area (Å²) in [6.07, 6.45) is 2.12. The van der Waals surface area contributed by atoms with Crippen molar-refractivity contribution < 1.29 is 14.9 Å². The summed E-state index contributed by atoms with van der Waals surface area (Å²) in [5.41, 5.74) is 5.35. The minimum Gasteiger partial charge on any atom is -0.506 e. The van der Waals surface area contributed by atoms with Crippen molar-refractivity contribution in [1.29, 1.82) is 0 Å². The van der Waals surface area contributed by atoms with Crippen LogP contribution in [-0.2, 0) is 24.8 Å². The topological polar surface area (TPSA) is 103 Å². The number of piperidine rings is 1. The van der Waals surface area contributed by atoms with Gasteiger partial charge in [-0.05, 0) is 61.6 Å². The van der Waals surface area contributed by atoms with Gasteiger partial charge in [-0.2, -0.15) is 0 Å². The number of ether oxygens (including phenoxy) is 1. The van der Waals surface area contributed by atoms with Crippen LogP contribution in [0.4, 0.5) is 0 Å². The molecule has 1 atom stereocenters. The van der Waals surface area contributed by atoms with Gasteiger partial charge in [-0.25, -0.2) is 4.98 Å². The van der Waals surface area contributed by atoms with Crippen LogP contribution in [-0.4, -0.2) is 81.0 Å². The Kier molecular flexibility index (Phi) is 9.39. The van der Waals surface area contributed by atoms with E-state index in [4.69, 9.17) is 4.74 Å². The highest BCUT2D eigenvalue weighted by Gasteiger charge is 2.40. The number of morpholine rings is 1. The quantitative estimate of drug-likeness (QED) is 0.224. The summed E-state index contributed by atoms with van der Waals surface area (Å²) in [6.45, 7) is 12.9. The fourth-order valence-corrected chi connectivity index (χ4v) is 7.23. The second-order valence-corrected chi connectivity index (χ2v) is 13.4. The van der Waals surface area contributed by atoms with Gasteiger partial charge < -0.3 is 29.7 Å². The van der Waals surface area contributed by atoms with E-state index in [-0.39, 0.29) is 16.9 Å². The van der Waals surface area contributed by atoms with E-state index in [1.165, 1.54) is 27.8 Å². The van der Waals surface area contributed by atoms with Crippen molar-refractivity contribution in [3.8, 4) is 5.75 Å². The highest BCUT2D eigenvalue weighted by atomic mass is 32.1. The lowest BCUT2D eigenvalue weighted by molar-refractivity contribution is -0.125. The van der Waals surface area contributed by atoms with Crippen molar-refractivity contribution in [2.24, 2.45) is 7.05 Å². The number of phenolic OH excluding ortho intramolecular Hbond substituents is 1. The van der Waals surface area contributed by atoms with E-state index in [1.54, 1.807) is 30.5 Å². The van der Waals surface area contributed by atoms with Gasteiger partial charge in [0.1, 0.15) is 5.75 Å². The number of nitrogens with zero attached hydrogens (tertiary/aromatic N) is 4. The first-order chi connectivity index (χ1) is 21.7. The molecule has 2 aliphatic heterocycles. The number of rotatable bonds is 10. The van der Waals surface area contributed by atoms with E-state index in [0.29, 0.717) is 23.0 Å². The van der Waals surface area contributed by atoms with Crippen LogP contribution in [0.1, 0.15) is 46.3 Å². The summed E-state index contributed by atoms with van der Waals surface area (Å²) in [7, 11) is 1.62. The lowest BCUT2D eigenvalue weighted by Gasteiger charge is -2.48. The fourth-order valence-electron chi connectivity index (χ4n) is 6.61. The van der Waals surface area contributed by atoms with Crippen LogP contribution in [0.5, 0.6) is 5.75 Å². The Balaban J connectivity index is 0.950. The number of thiazole rings is 1. The van der Waals surface area contributed by atoms with E-state index in [1.807, 2.05) is 6.92 Å². The molecule has 2 saturated heterocycles. The number of phenols is 1. The Hall–Kier alpha value is -3.54. The molecule has 9 nitrogen and oxygen atoms in total. The van der Waals surface area contributed by atoms with Gasteiger partial charge in [0.2, 0.25) is 0 Å². The van der Waals surface area contributed by atoms with E-state index >= 15 is 0 Å². The van der Waals surface area contributed by atoms with Gasteiger partial charge in [0.05, 0.1) is 40.2 Å². The standard InChI is InChI=1S/C35H43N5O4S/c1-24(30-22-45-25(2)37-30)40-18-19-44-35(23-40)13-16-39(17-14-35)21-27-6-4-26(5-7-27)12-15-36-20-32(42)28-8-10-31(41)34-29(28)9-11-33(43)38(34)3/h4-11,22,32,36,41-42H,1,12-21,23H2,2-3H3/t32-/m0/s1. The second-order valence-electron chi connectivity index (χ2n) is 12.4. The SMILES string of the molecule is C=C(c1csc(C)n1)N1CCOC2(CCN(Cc3ccc(CCNC[C@H](O)c4ccc(O)c5c4ccc(=O)n5C)cc3)CC2)C1. The first-order valence-corrected chi connectivity index (χ1v) is 16.6. The van der Waals surface area contributed by atoms with Crippen molar-refractivity contribution in [2.45, 2.75) is 44.4 Å². The molecule has 0 aliphatic carbocycles. The average molecular weight is 630 g/mol. The monoisotopic (exact) mass is 629 g/mol. The van der Waals surface area contributed by atoms with Crippen molar-refractivity contribution in [1.82, 2.24) is 24.7 Å². The van der Waals surface area contributed by atoms with Gasteiger partial charge >= 0.3 is 0 Å². The first kappa shape index (κ1) is 31.4. The van der Waals surface area contributed by atoms with Crippen molar-refractivity contribution in [2.75, 3.05) is 45.9 Å². The number of likely N-dealkylation sites (tertiary alicyclic amines) is 1. The fraction of sp³-hybridized carbons (Fsp3) is 0.429. The predicted octanol–water partition coefficient (Wildman–Crippen LogP) is 4.21.